The van der Waals surface area contributed by atoms with Crippen molar-refractivity contribution < 1.29 is 37.1 Å². The highest BCUT2D eigenvalue weighted by Gasteiger charge is 2.39. The van der Waals surface area contributed by atoms with Gasteiger partial charge in [-0.3, -0.25) is 14.5 Å². The predicted molar refractivity (Wildman–Crippen MR) is 133 cm³/mol. The molecule has 0 saturated carbocycles. The van der Waals surface area contributed by atoms with E-state index in [1.165, 1.54) is 5.56 Å². The Kier molecular flexibility index (Phi) is 9.62. The standard InChI is InChI=1S/C25H28FN3O2.C2HF3O2/c26-20-16-23(25(27)31)29(17-20)21(11-10-18-6-2-1-3-7-18)12-13-24(30)28-15-14-19-8-4-5-9-22(19)28;3-2(4,5)1(6)7/h1-9,12-13,20-21,23H,10-11,14-17H2,(H2,27,31);(H,6,7)/b13-12+;/t20-,21-,23-;/m0./s1. The van der Waals surface area contributed by atoms with Gasteiger partial charge in [-0.25, -0.2) is 9.18 Å². The number of halogens is 4. The molecular formula is C27H29F4N3O4. The fraction of sp³-hybridized carbons (Fsp3) is 0.370. The van der Waals surface area contributed by atoms with Crippen LogP contribution in [0.25, 0.3) is 0 Å². The van der Waals surface area contributed by atoms with Crippen molar-refractivity contribution in [2.24, 2.45) is 5.73 Å². The minimum Gasteiger partial charge on any atom is -0.475 e. The Morgan fingerprint density at radius 2 is 1.71 bits per heavy atom. The Hall–Kier alpha value is -3.73. The summed E-state index contributed by atoms with van der Waals surface area (Å²) in [6, 6.07) is 17.0. The summed E-state index contributed by atoms with van der Waals surface area (Å²) in [6.07, 6.45) is -0.408. The molecule has 3 atom stereocenters. The molecule has 7 nitrogen and oxygen atoms in total. The third-order valence-corrected chi connectivity index (χ3v) is 6.47. The average molecular weight is 536 g/mol. The SMILES string of the molecule is NC(=O)[C@@H]1C[C@H](F)CN1[C@H](/C=C/C(=O)N1CCc2ccccc21)CCc1ccccc1.O=C(O)C(F)(F)F. The number of carbonyl (C=O) groups excluding carboxylic acids is 2. The van der Waals surface area contributed by atoms with Crippen molar-refractivity contribution in [3.05, 3.63) is 77.9 Å². The van der Waals surface area contributed by atoms with Gasteiger partial charge in [-0.15, -0.1) is 0 Å². The summed E-state index contributed by atoms with van der Waals surface area (Å²) in [7, 11) is 0. The van der Waals surface area contributed by atoms with Gasteiger partial charge in [0.1, 0.15) is 6.17 Å². The van der Waals surface area contributed by atoms with Crippen LogP contribution in [0.3, 0.4) is 0 Å². The lowest BCUT2D eigenvalue weighted by Crippen LogP contribution is -2.45. The molecule has 2 aromatic carbocycles. The molecule has 3 N–H and O–H groups in total. The summed E-state index contributed by atoms with van der Waals surface area (Å²) >= 11 is 0. The number of aryl methyl sites for hydroxylation is 1. The maximum atomic E-state index is 14.2. The van der Waals surface area contributed by atoms with Crippen LogP contribution in [-0.4, -0.2) is 65.3 Å². The molecule has 38 heavy (non-hydrogen) atoms. The number of benzene rings is 2. The Morgan fingerprint density at radius 3 is 2.34 bits per heavy atom. The number of carbonyl (C=O) groups is 3. The number of nitrogens with zero attached hydrogens (tertiary/aromatic N) is 2. The zero-order chi connectivity index (χ0) is 27.9. The number of carboxylic acids is 1. The Bertz CT molecular complexity index is 1160. The Morgan fingerprint density at radius 1 is 1.08 bits per heavy atom. The first kappa shape index (κ1) is 28.8. The van der Waals surface area contributed by atoms with Gasteiger partial charge < -0.3 is 15.7 Å². The van der Waals surface area contributed by atoms with Crippen LogP contribution >= 0.6 is 0 Å². The van der Waals surface area contributed by atoms with Crippen LogP contribution in [0, 0.1) is 0 Å². The van der Waals surface area contributed by atoms with Crippen molar-refractivity contribution in [1.82, 2.24) is 4.90 Å². The third kappa shape index (κ3) is 7.64. The third-order valence-electron chi connectivity index (χ3n) is 6.47. The first-order chi connectivity index (χ1) is 18.0. The number of likely N-dealkylation sites (tertiary alicyclic amines) is 1. The number of fused-ring (bicyclic) bond motifs is 1. The summed E-state index contributed by atoms with van der Waals surface area (Å²) in [4.78, 5) is 37.4. The number of amides is 2. The molecule has 2 aliphatic rings. The molecule has 4 rings (SSSR count). The zero-order valence-corrected chi connectivity index (χ0v) is 20.5. The van der Waals surface area contributed by atoms with Crippen LogP contribution in [0.5, 0.6) is 0 Å². The second-order valence-electron chi connectivity index (χ2n) is 9.07. The van der Waals surface area contributed by atoms with Gasteiger partial charge in [-0.2, -0.15) is 13.2 Å². The second-order valence-corrected chi connectivity index (χ2v) is 9.07. The van der Waals surface area contributed by atoms with Crippen LogP contribution < -0.4 is 10.6 Å². The number of aliphatic carboxylic acids is 1. The van der Waals surface area contributed by atoms with E-state index in [0.29, 0.717) is 13.0 Å². The highest BCUT2D eigenvalue weighted by molar-refractivity contribution is 6.02. The number of hydrogen-bond donors (Lipinski definition) is 2. The number of carboxylic acid groups (broad SMARTS) is 1. The summed E-state index contributed by atoms with van der Waals surface area (Å²) in [5.41, 5.74) is 8.82. The number of anilines is 1. The molecule has 0 spiro atoms. The van der Waals surface area contributed by atoms with Gasteiger partial charge in [0.05, 0.1) is 6.04 Å². The molecule has 0 unspecified atom stereocenters. The number of primary amides is 1. The average Bonchev–Trinajstić information content (AvgIpc) is 3.48. The number of nitrogens with two attached hydrogens (primary N) is 1. The highest BCUT2D eigenvalue weighted by atomic mass is 19.4. The lowest BCUT2D eigenvalue weighted by atomic mass is 10.0. The topological polar surface area (TPSA) is 104 Å². The number of para-hydroxylation sites is 1. The number of hydrogen-bond acceptors (Lipinski definition) is 4. The van der Waals surface area contributed by atoms with Crippen molar-refractivity contribution in [2.75, 3.05) is 18.0 Å². The van der Waals surface area contributed by atoms with E-state index in [-0.39, 0.29) is 24.9 Å². The fourth-order valence-electron chi connectivity index (χ4n) is 4.64. The van der Waals surface area contributed by atoms with E-state index < -0.39 is 30.3 Å². The van der Waals surface area contributed by atoms with Gasteiger partial charge in [-0.1, -0.05) is 54.6 Å². The van der Waals surface area contributed by atoms with E-state index in [9.17, 15) is 27.2 Å². The van der Waals surface area contributed by atoms with Crippen LogP contribution in [0.2, 0.25) is 0 Å². The molecule has 0 bridgehead atoms. The molecule has 2 aliphatic heterocycles. The van der Waals surface area contributed by atoms with E-state index in [1.54, 1.807) is 11.0 Å². The first-order valence-electron chi connectivity index (χ1n) is 12.1. The monoisotopic (exact) mass is 535 g/mol. The maximum Gasteiger partial charge on any atom is 0.490 e. The van der Waals surface area contributed by atoms with E-state index in [1.807, 2.05) is 65.6 Å². The lowest BCUT2D eigenvalue weighted by molar-refractivity contribution is -0.192. The maximum absolute atomic E-state index is 14.2. The Balaban J connectivity index is 0.000000505. The van der Waals surface area contributed by atoms with E-state index in [4.69, 9.17) is 15.6 Å². The second kappa shape index (κ2) is 12.7. The van der Waals surface area contributed by atoms with Crippen LogP contribution in [0.4, 0.5) is 23.2 Å². The fourth-order valence-corrected chi connectivity index (χ4v) is 4.64. The molecule has 2 heterocycles. The van der Waals surface area contributed by atoms with Crippen molar-refractivity contribution in [1.29, 1.82) is 0 Å². The molecule has 1 saturated heterocycles. The molecule has 2 aromatic rings. The zero-order valence-electron chi connectivity index (χ0n) is 20.5. The lowest BCUT2D eigenvalue weighted by Gasteiger charge is -2.29. The van der Waals surface area contributed by atoms with Crippen molar-refractivity contribution >= 4 is 23.5 Å². The van der Waals surface area contributed by atoms with Crippen molar-refractivity contribution in [2.45, 2.75) is 50.1 Å². The summed E-state index contributed by atoms with van der Waals surface area (Å²) in [5, 5.41) is 7.12. The molecule has 11 heteroatoms. The number of alkyl halides is 4. The molecule has 0 radical (unpaired) electrons. The molecule has 2 amide bonds. The van der Waals surface area contributed by atoms with Gasteiger partial charge in [0, 0.05) is 37.3 Å². The smallest absolute Gasteiger partial charge is 0.475 e. The minimum absolute atomic E-state index is 0.0960. The van der Waals surface area contributed by atoms with Crippen molar-refractivity contribution in [3.8, 4) is 0 Å². The van der Waals surface area contributed by atoms with E-state index in [2.05, 4.69) is 0 Å². The van der Waals surface area contributed by atoms with Gasteiger partial charge in [0.2, 0.25) is 5.91 Å². The predicted octanol–water partition coefficient (Wildman–Crippen LogP) is 3.66. The van der Waals surface area contributed by atoms with Crippen LogP contribution in [0.15, 0.2) is 66.7 Å². The molecule has 1 fully saturated rings. The summed E-state index contributed by atoms with van der Waals surface area (Å²) in [6.45, 7) is 0.801. The van der Waals surface area contributed by atoms with Gasteiger partial charge >= 0.3 is 12.1 Å². The minimum atomic E-state index is -5.08. The van der Waals surface area contributed by atoms with Gasteiger partial charge in [0.25, 0.3) is 5.91 Å². The quantitative estimate of drug-likeness (QED) is 0.416. The molecule has 204 valence electrons. The molecule has 0 aliphatic carbocycles. The normalized spacial score (nSPS) is 20.1. The van der Waals surface area contributed by atoms with Crippen LogP contribution in [-0.2, 0) is 27.2 Å². The highest BCUT2D eigenvalue weighted by Crippen LogP contribution is 2.29. The largest absolute Gasteiger partial charge is 0.490 e. The Labute approximate surface area is 217 Å². The van der Waals surface area contributed by atoms with Gasteiger partial charge in [-0.05, 0) is 36.5 Å². The van der Waals surface area contributed by atoms with Gasteiger partial charge in [0.15, 0.2) is 0 Å². The summed E-state index contributed by atoms with van der Waals surface area (Å²) in [5.74, 6) is -3.37. The first-order valence-corrected chi connectivity index (χ1v) is 12.1. The van der Waals surface area contributed by atoms with Crippen LogP contribution in [0.1, 0.15) is 24.0 Å². The van der Waals surface area contributed by atoms with E-state index >= 15 is 0 Å². The van der Waals surface area contributed by atoms with Crippen molar-refractivity contribution in [3.63, 3.8) is 0 Å². The summed E-state index contributed by atoms with van der Waals surface area (Å²) < 4.78 is 45.9. The van der Waals surface area contributed by atoms with E-state index in [0.717, 1.165) is 24.1 Å². The molecule has 0 aromatic heterocycles. The number of rotatable bonds is 7. The molecular weight excluding hydrogens is 506 g/mol.